The number of amides is 1. The van der Waals surface area contributed by atoms with Gasteiger partial charge in [0.1, 0.15) is 11.3 Å². The van der Waals surface area contributed by atoms with E-state index in [9.17, 15) is 4.79 Å². The standard InChI is InChI=1S/C25H18N2O3/c1-29-22-12-11-17(19-8-4-5-9-20(19)22)15-26-27-25(28)24-14-21-18-7-3-2-6-16(18)10-13-23(21)30-24/h2-15H,1H3,(H,27,28)/b26-15-. The molecule has 0 radical (unpaired) electrons. The van der Waals surface area contributed by atoms with Gasteiger partial charge in [0.2, 0.25) is 0 Å². The van der Waals surface area contributed by atoms with Crippen molar-refractivity contribution in [3.05, 3.63) is 90.2 Å². The van der Waals surface area contributed by atoms with Gasteiger partial charge in [-0.05, 0) is 40.4 Å². The maximum atomic E-state index is 12.6. The lowest BCUT2D eigenvalue weighted by Crippen LogP contribution is -2.16. The molecule has 5 aromatic rings. The van der Waals surface area contributed by atoms with Gasteiger partial charge in [-0.2, -0.15) is 5.10 Å². The van der Waals surface area contributed by atoms with Crippen LogP contribution in [0.25, 0.3) is 32.5 Å². The smallest absolute Gasteiger partial charge is 0.307 e. The molecule has 0 aliphatic heterocycles. The summed E-state index contributed by atoms with van der Waals surface area (Å²) >= 11 is 0. The number of ether oxygens (including phenoxy) is 1. The molecule has 146 valence electrons. The van der Waals surface area contributed by atoms with Crippen molar-refractivity contribution in [1.82, 2.24) is 5.43 Å². The van der Waals surface area contributed by atoms with Crippen LogP contribution in [0.5, 0.6) is 5.75 Å². The number of carbonyl (C=O) groups excluding carboxylic acids is 1. The maximum absolute atomic E-state index is 12.6. The van der Waals surface area contributed by atoms with E-state index < -0.39 is 5.91 Å². The minimum Gasteiger partial charge on any atom is -0.496 e. The normalized spacial score (nSPS) is 11.5. The topological polar surface area (TPSA) is 63.8 Å². The average molecular weight is 394 g/mol. The average Bonchev–Trinajstić information content (AvgIpc) is 3.24. The first kappa shape index (κ1) is 17.9. The Morgan fingerprint density at radius 2 is 1.67 bits per heavy atom. The van der Waals surface area contributed by atoms with Crippen molar-refractivity contribution < 1.29 is 13.9 Å². The van der Waals surface area contributed by atoms with Crippen molar-refractivity contribution in [3.8, 4) is 5.75 Å². The molecule has 0 spiro atoms. The summed E-state index contributed by atoms with van der Waals surface area (Å²) in [5.74, 6) is 0.615. The summed E-state index contributed by atoms with van der Waals surface area (Å²) in [6.07, 6.45) is 1.62. The number of hydrogen-bond acceptors (Lipinski definition) is 4. The summed E-state index contributed by atoms with van der Waals surface area (Å²) in [6, 6.07) is 25.3. The van der Waals surface area contributed by atoms with Gasteiger partial charge in [0.15, 0.2) is 5.76 Å². The van der Waals surface area contributed by atoms with Crippen molar-refractivity contribution >= 4 is 44.6 Å². The molecule has 0 fully saturated rings. The predicted octanol–water partition coefficient (Wildman–Crippen LogP) is 5.51. The van der Waals surface area contributed by atoms with Crippen LogP contribution in [0.2, 0.25) is 0 Å². The van der Waals surface area contributed by atoms with E-state index in [1.165, 1.54) is 0 Å². The second kappa shape index (κ2) is 7.37. The van der Waals surface area contributed by atoms with Crippen LogP contribution in [-0.4, -0.2) is 19.2 Å². The molecule has 1 amide bonds. The third-order valence-electron chi connectivity index (χ3n) is 5.16. The summed E-state index contributed by atoms with van der Waals surface area (Å²) in [5, 5.41) is 9.16. The maximum Gasteiger partial charge on any atom is 0.307 e. The molecular formula is C25H18N2O3. The van der Waals surface area contributed by atoms with Crippen LogP contribution < -0.4 is 10.2 Å². The van der Waals surface area contributed by atoms with Crippen LogP contribution in [0.4, 0.5) is 0 Å². The molecular weight excluding hydrogens is 376 g/mol. The lowest BCUT2D eigenvalue weighted by Gasteiger charge is -2.07. The third kappa shape index (κ3) is 3.06. The molecule has 0 atom stereocenters. The first-order chi connectivity index (χ1) is 14.7. The minimum atomic E-state index is -0.399. The molecule has 0 bridgehead atoms. The fraction of sp³-hybridized carbons (Fsp3) is 0.0400. The Morgan fingerprint density at radius 3 is 2.50 bits per heavy atom. The van der Waals surface area contributed by atoms with Gasteiger partial charge in [0, 0.05) is 16.3 Å². The highest BCUT2D eigenvalue weighted by molar-refractivity contribution is 6.09. The summed E-state index contributed by atoms with van der Waals surface area (Å²) in [4.78, 5) is 12.6. The highest BCUT2D eigenvalue weighted by Crippen LogP contribution is 2.29. The first-order valence-corrected chi connectivity index (χ1v) is 9.55. The Hall–Kier alpha value is -4.12. The zero-order chi connectivity index (χ0) is 20.5. The van der Waals surface area contributed by atoms with Crippen LogP contribution in [0, 0.1) is 0 Å². The highest BCUT2D eigenvalue weighted by atomic mass is 16.5. The number of methoxy groups -OCH3 is 1. The Kier molecular flexibility index (Phi) is 4.41. The second-order valence-electron chi connectivity index (χ2n) is 6.91. The van der Waals surface area contributed by atoms with Gasteiger partial charge in [-0.3, -0.25) is 4.79 Å². The number of hydrogen-bond donors (Lipinski definition) is 1. The van der Waals surface area contributed by atoms with E-state index in [1.807, 2.05) is 72.8 Å². The van der Waals surface area contributed by atoms with E-state index in [0.717, 1.165) is 38.2 Å². The van der Waals surface area contributed by atoms with Crippen LogP contribution >= 0.6 is 0 Å². The lowest BCUT2D eigenvalue weighted by atomic mass is 10.0. The number of nitrogens with zero attached hydrogens (tertiary/aromatic N) is 1. The fourth-order valence-corrected chi connectivity index (χ4v) is 3.71. The van der Waals surface area contributed by atoms with Crippen LogP contribution in [-0.2, 0) is 0 Å². The predicted molar refractivity (Wildman–Crippen MR) is 119 cm³/mol. The SMILES string of the molecule is COc1ccc(/C=N\NC(=O)c2cc3c(ccc4ccccc43)o2)c2ccccc12. The number of nitrogens with one attached hydrogen (secondary N) is 1. The molecule has 0 aliphatic rings. The molecule has 1 N–H and O–H groups in total. The molecule has 5 nitrogen and oxygen atoms in total. The number of carbonyl (C=O) groups is 1. The van der Waals surface area contributed by atoms with Gasteiger partial charge in [-0.25, -0.2) is 5.43 Å². The van der Waals surface area contributed by atoms with Gasteiger partial charge >= 0.3 is 5.91 Å². The number of fused-ring (bicyclic) bond motifs is 4. The fourth-order valence-electron chi connectivity index (χ4n) is 3.71. The largest absolute Gasteiger partial charge is 0.496 e. The van der Waals surface area contributed by atoms with E-state index in [-0.39, 0.29) is 5.76 Å². The number of hydrazone groups is 1. The van der Waals surface area contributed by atoms with Crippen LogP contribution in [0.15, 0.2) is 88.4 Å². The summed E-state index contributed by atoms with van der Waals surface area (Å²) in [6.45, 7) is 0. The molecule has 5 rings (SSSR count). The van der Waals surface area contributed by atoms with Crippen molar-refractivity contribution in [1.29, 1.82) is 0 Å². The summed E-state index contributed by atoms with van der Waals surface area (Å²) < 4.78 is 11.2. The van der Waals surface area contributed by atoms with Gasteiger partial charge in [0.05, 0.1) is 13.3 Å². The van der Waals surface area contributed by atoms with Crippen LogP contribution in [0.3, 0.4) is 0 Å². The van der Waals surface area contributed by atoms with E-state index in [1.54, 1.807) is 19.4 Å². The monoisotopic (exact) mass is 394 g/mol. The van der Waals surface area contributed by atoms with Crippen molar-refractivity contribution in [2.24, 2.45) is 5.10 Å². The van der Waals surface area contributed by atoms with E-state index in [2.05, 4.69) is 10.5 Å². The van der Waals surface area contributed by atoms with Crippen LogP contribution in [0.1, 0.15) is 16.1 Å². The lowest BCUT2D eigenvalue weighted by molar-refractivity contribution is 0.0929. The number of furan rings is 1. The quantitative estimate of drug-likeness (QED) is 0.323. The Balaban J connectivity index is 1.42. The molecule has 5 heteroatoms. The van der Waals surface area contributed by atoms with Gasteiger partial charge in [-0.1, -0.05) is 54.6 Å². The number of benzene rings is 4. The van der Waals surface area contributed by atoms with E-state index in [0.29, 0.717) is 5.58 Å². The Morgan fingerprint density at radius 1 is 0.900 bits per heavy atom. The molecule has 0 unspecified atom stereocenters. The zero-order valence-electron chi connectivity index (χ0n) is 16.3. The van der Waals surface area contributed by atoms with Gasteiger partial charge in [-0.15, -0.1) is 0 Å². The first-order valence-electron chi connectivity index (χ1n) is 9.55. The third-order valence-corrected chi connectivity index (χ3v) is 5.16. The Bertz CT molecular complexity index is 1430. The molecule has 0 saturated heterocycles. The summed E-state index contributed by atoms with van der Waals surface area (Å²) in [5.41, 5.74) is 4.10. The van der Waals surface area contributed by atoms with E-state index >= 15 is 0 Å². The van der Waals surface area contributed by atoms with Gasteiger partial charge < -0.3 is 9.15 Å². The number of rotatable bonds is 4. The van der Waals surface area contributed by atoms with E-state index in [4.69, 9.17) is 9.15 Å². The molecule has 4 aromatic carbocycles. The van der Waals surface area contributed by atoms with Crippen molar-refractivity contribution in [3.63, 3.8) is 0 Å². The highest BCUT2D eigenvalue weighted by Gasteiger charge is 2.13. The molecule has 30 heavy (non-hydrogen) atoms. The van der Waals surface area contributed by atoms with Crippen molar-refractivity contribution in [2.45, 2.75) is 0 Å². The van der Waals surface area contributed by atoms with Gasteiger partial charge in [0.25, 0.3) is 0 Å². The molecule has 1 heterocycles. The second-order valence-corrected chi connectivity index (χ2v) is 6.91. The van der Waals surface area contributed by atoms with Crippen molar-refractivity contribution in [2.75, 3.05) is 7.11 Å². The molecule has 0 aliphatic carbocycles. The summed E-state index contributed by atoms with van der Waals surface area (Å²) in [7, 11) is 1.65. The Labute approximate surface area is 172 Å². The minimum absolute atomic E-state index is 0.220. The molecule has 1 aromatic heterocycles. The zero-order valence-corrected chi connectivity index (χ0v) is 16.3. The molecule has 0 saturated carbocycles.